The molecule has 1 aliphatic heterocycles. The summed E-state index contributed by atoms with van der Waals surface area (Å²) in [5.41, 5.74) is 0.168. The fourth-order valence-electron chi connectivity index (χ4n) is 2.64. The summed E-state index contributed by atoms with van der Waals surface area (Å²) in [7, 11) is -3.66. The van der Waals surface area contributed by atoms with Crippen LogP contribution in [0.4, 0.5) is 0 Å². The van der Waals surface area contributed by atoms with Crippen LogP contribution in [-0.4, -0.2) is 54.0 Å². The topological polar surface area (TPSA) is 103 Å². The van der Waals surface area contributed by atoms with Gasteiger partial charge in [0.25, 0.3) is 0 Å². The lowest BCUT2D eigenvalue weighted by molar-refractivity contribution is 0.167. The van der Waals surface area contributed by atoms with Gasteiger partial charge in [0, 0.05) is 33.1 Å². The Hall–Kier alpha value is -2.28. The second-order valence-electron chi connectivity index (χ2n) is 5.50. The van der Waals surface area contributed by atoms with Crippen molar-refractivity contribution in [2.75, 3.05) is 26.2 Å². The maximum atomic E-state index is 12.8. The highest BCUT2D eigenvalue weighted by atomic mass is 32.2. The molecule has 0 bridgehead atoms. The minimum Gasteiger partial charge on any atom is -0.424 e. The first-order valence-corrected chi connectivity index (χ1v) is 8.95. The van der Waals surface area contributed by atoms with Gasteiger partial charge >= 0.3 is 0 Å². The summed E-state index contributed by atoms with van der Waals surface area (Å²) in [6.07, 6.45) is 0. The van der Waals surface area contributed by atoms with Crippen molar-refractivity contribution < 1.29 is 12.8 Å². The number of aromatic nitrogens is 2. The van der Waals surface area contributed by atoms with Crippen LogP contribution < -0.4 is 0 Å². The Kier molecular flexibility index (Phi) is 4.62. The maximum absolute atomic E-state index is 12.8. The van der Waals surface area contributed by atoms with Crippen molar-refractivity contribution >= 4 is 10.0 Å². The molecule has 0 spiro atoms. The molecule has 0 radical (unpaired) electrons. The van der Waals surface area contributed by atoms with Crippen LogP contribution in [0.3, 0.4) is 0 Å². The molecule has 2 aromatic rings. The molecule has 1 saturated heterocycles. The molecule has 126 valence electrons. The molecular formula is C15H17N5O3S. The van der Waals surface area contributed by atoms with Crippen molar-refractivity contribution in [1.29, 1.82) is 5.26 Å². The van der Waals surface area contributed by atoms with Crippen LogP contribution in [0.2, 0.25) is 0 Å². The second kappa shape index (κ2) is 6.68. The van der Waals surface area contributed by atoms with Crippen LogP contribution in [0.15, 0.2) is 33.6 Å². The van der Waals surface area contributed by atoms with Gasteiger partial charge in [0.2, 0.25) is 21.8 Å². The van der Waals surface area contributed by atoms with Gasteiger partial charge in [-0.3, -0.25) is 4.90 Å². The van der Waals surface area contributed by atoms with Crippen LogP contribution in [0.1, 0.15) is 17.3 Å². The van der Waals surface area contributed by atoms with Gasteiger partial charge in [0.1, 0.15) is 6.07 Å². The van der Waals surface area contributed by atoms with E-state index in [1.54, 1.807) is 19.1 Å². The first-order valence-electron chi connectivity index (χ1n) is 7.51. The number of nitrogens with zero attached hydrogens (tertiary/aromatic N) is 5. The minimum atomic E-state index is -3.66. The summed E-state index contributed by atoms with van der Waals surface area (Å²) < 4.78 is 32.3. The first kappa shape index (κ1) is 16.6. The molecule has 2 heterocycles. The summed E-state index contributed by atoms with van der Waals surface area (Å²) in [4.78, 5) is 2.13. The summed E-state index contributed by atoms with van der Waals surface area (Å²) in [6, 6.07) is 8.21. The van der Waals surface area contributed by atoms with E-state index >= 15 is 0 Å². The van der Waals surface area contributed by atoms with Gasteiger partial charge in [-0.15, -0.1) is 10.2 Å². The van der Waals surface area contributed by atoms with Gasteiger partial charge < -0.3 is 4.42 Å². The summed E-state index contributed by atoms with van der Waals surface area (Å²) in [5.74, 6) is 1.04. The molecule has 1 aliphatic rings. The molecule has 0 unspecified atom stereocenters. The Labute approximate surface area is 140 Å². The molecule has 0 aliphatic carbocycles. The Morgan fingerprint density at radius 2 is 1.92 bits per heavy atom. The van der Waals surface area contributed by atoms with Gasteiger partial charge in [0.05, 0.1) is 17.0 Å². The molecule has 3 rings (SSSR count). The van der Waals surface area contributed by atoms with Gasteiger partial charge in [-0.1, -0.05) is 12.1 Å². The van der Waals surface area contributed by atoms with Crippen LogP contribution in [0.5, 0.6) is 0 Å². The number of sulfonamides is 1. The third kappa shape index (κ3) is 3.31. The molecule has 1 aromatic carbocycles. The van der Waals surface area contributed by atoms with E-state index in [1.165, 1.54) is 16.4 Å². The number of hydrogen-bond donors (Lipinski definition) is 0. The van der Waals surface area contributed by atoms with E-state index in [1.807, 2.05) is 6.07 Å². The highest BCUT2D eigenvalue weighted by molar-refractivity contribution is 7.89. The average Bonchev–Trinajstić information content (AvgIpc) is 3.00. The standard InChI is InChI=1S/C15H17N5O3S/c1-12-17-18-15(23-12)11-19-6-8-20(9-7-19)24(21,22)14-5-3-2-4-13(14)10-16/h2-5H,6-9,11H2,1H3. The number of benzene rings is 1. The van der Waals surface area contributed by atoms with E-state index in [0.29, 0.717) is 44.5 Å². The summed E-state index contributed by atoms with van der Waals surface area (Å²) in [6.45, 7) is 4.08. The second-order valence-corrected chi connectivity index (χ2v) is 7.41. The third-order valence-corrected chi connectivity index (χ3v) is 5.84. The fraction of sp³-hybridized carbons (Fsp3) is 0.400. The predicted molar refractivity (Wildman–Crippen MR) is 84.2 cm³/mol. The van der Waals surface area contributed by atoms with E-state index < -0.39 is 10.0 Å². The smallest absolute Gasteiger partial charge is 0.244 e. The average molecular weight is 347 g/mol. The van der Waals surface area contributed by atoms with Gasteiger partial charge in [-0.2, -0.15) is 9.57 Å². The van der Waals surface area contributed by atoms with Crippen molar-refractivity contribution in [2.45, 2.75) is 18.4 Å². The number of hydrogen-bond acceptors (Lipinski definition) is 7. The number of aryl methyl sites for hydroxylation is 1. The first-order chi connectivity index (χ1) is 11.5. The number of rotatable bonds is 4. The lowest BCUT2D eigenvalue weighted by atomic mass is 10.2. The number of piperazine rings is 1. The van der Waals surface area contributed by atoms with Crippen molar-refractivity contribution in [3.63, 3.8) is 0 Å². The van der Waals surface area contributed by atoms with Crippen LogP contribution in [0.25, 0.3) is 0 Å². The van der Waals surface area contributed by atoms with Crippen LogP contribution >= 0.6 is 0 Å². The van der Waals surface area contributed by atoms with E-state index in [-0.39, 0.29) is 10.5 Å². The molecule has 9 heteroatoms. The normalized spacial score (nSPS) is 16.8. The van der Waals surface area contributed by atoms with Crippen molar-refractivity contribution in [3.05, 3.63) is 41.6 Å². The minimum absolute atomic E-state index is 0.0634. The largest absolute Gasteiger partial charge is 0.424 e. The summed E-state index contributed by atoms with van der Waals surface area (Å²) in [5, 5.41) is 16.9. The van der Waals surface area contributed by atoms with Crippen LogP contribution in [-0.2, 0) is 16.6 Å². The lowest BCUT2D eigenvalue weighted by Crippen LogP contribution is -2.48. The van der Waals surface area contributed by atoms with Gasteiger partial charge in [0.15, 0.2) is 0 Å². The quantitative estimate of drug-likeness (QED) is 0.804. The molecule has 1 aromatic heterocycles. The third-order valence-electron chi connectivity index (χ3n) is 3.88. The zero-order valence-corrected chi connectivity index (χ0v) is 14.0. The molecule has 8 nitrogen and oxygen atoms in total. The molecule has 24 heavy (non-hydrogen) atoms. The Morgan fingerprint density at radius 3 is 2.54 bits per heavy atom. The van der Waals surface area contributed by atoms with Crippen molar-refractivity contribution in [3.8, 4) is 6.07 Å². The highest BCUT2D eigenvalue weighted by Gasteiger charge is 2.30. The zero-order chi connectivity index (χ0) is 17.2. The van der Waals surface area contributed by atoms with Crippen LogP contribution in [0, 0.1) is 18.3 Å². The van der Waals surface area contributed by atoms with Crippen molar-refractivity contribution in [1.82, 2.24) is 19.4 Å². The SMILES string of the molecule is Cc1nnc(CN2CCN(S(=O)(=O)c3ccccc3C#N)CC2)o1. The van der Waals surface area contributed by atoms with Gasteiger partial charge in [-0.25, -0.2) is 8.42 Å². The molecule has 0 amide bonds. The lowest BCUT2D eigenvalue weighted by Gasteiger charge is -2.33. The maximum Gasteiger partial charge on any atom is 0.244 e. The van der Waals surface area contributed by atoms with E-state index in [4.69, 9.17) is 9.68 Å². The zero-order valence-electron chi connectivity index (χ0n) is 13.2. The molecule has 0 saturated carbocycles. The number of nitriles is 1. The molecular weight excluding hydrogens is 330 g/mol. The van der Waals surface area contributed by atoms with E-state index in [9.17, 15) is 8.42 Å². The van der Waals surface area contributed by atoms with E-state index in [0.717, 1.165) is 0 Å². The predicted octanol–water partition coefficient (Wildman–Crippen LogP) is 0.756. The fourth-order valence-corrected chi connectivity index (χ4v) is 4.21. The monoisotopic (exact) mass is 347 g/mol. The molecule has 0 atom stereocenters. The van der Waals surface area contributed by atoms with E-state index in [2.05, 4.69) is 15.1 Å². The highest BCUT2D eigenvalue weighted by Crippen LogP contribution is 2.21. The van der Waals surface area contributed by atoms with Gasteiger partial charge in [-0.05, 0) is 12.1 Å². The Bertz CT molecular complexity index is 863. The van der Waals surface area contributed by atoms with Crippen molar-refractivity contribution in [2.24, 2.45) is 0 Å². The Balaban J connectivity index is 1.68. The molecule has 0 N–H and O–H groups in total. The Morgan fingerprint density at radius 1 is 1.21 bits per heavy atom. The summed E-state index contributed by atoms with van der Waals surface area (Å²) >= 11 is 0. The molecule has 1 fully saturated rings.